The molecule has 1 aromatic heterocycles. The maximum Gasteiger partial charge on any atom is 0.434 e. The fraction of sp³-hybridized carbons (Fsp3) is 0.381. The van der Waals surface area contributed by atoms with Gasteiger partial charge >= 0.3 is 12.1 Å². The summed E-state index contributed by atoms with van der Waals surface area (Å²) in [4.78, 5) is 26.8. The summed E-state index contributed by atoms with van der Waals surface area (Å²) in [5.41, 5.74) is -3.18. The topological polar surface area (TPSA) is 59.5 Å². The van der Waals surface area contributed by atoms with Crippen LogP contribution < -0.4 is 0 Å². The zero-order chi connectivity index (χ0) is 24.0. The Morgan fingerprint density at radius 1 is 1.19 bits per heavy atom. The molecule has 0 saturated heterocycles. The highest BCUT2D eigenvalue weighted by Gasteiger charge is 2.46. The van der Waals surface area contributed by atoms with E-state index >= 15 is 0 Å². The van der Waals surface area contributed by atoms with E-state index < -0.39 is 46.9 Å². The minimum atomic E-state index is -4.78. The number of nitrogens with zero attached hydrogens (tertiary/aromatic N) is 2. The van der Waals surface area contributed by atoms with Crippen molar-refractivity contribution in [3.05, 3.63) is 57.7 Å². The molecule has 0 N–H and O–H groups in total. The van der Waals surface area contributed by atoms with Crippen LogP contribution in [0.15, 0.2) is 24.4 Å². The summed E-state index contributed by atoms with van der Waals surface area (Å²) in [5, 5.41) is 0. The van der Waals surface area contributed by atoms with Gasteiger partial charge in [-0.1, -0.05) is 13.8 Å². The molecule has 172 valence electrons. The van der Waals surface area contributed by atoms with E-state index in [0.717, 1.165) is 23.2 Å². The lowest BCUT2D eigenvalue weighted by Crippen LogP contribution is -2.38. The number of halogens is 5. The van der Waals surface area contributed by atoms with Gasteiger partial charge in [0.05, 0.1) is 16.6 Å². The minimum absolute atomic E-state index is 0.0615. The molecule has 0 unspecified atom stereocenters. The Balaban J connectivity index is 2.18. The van der Waals surface area contributed by atoms with Crippen molar-refractivity contribution in [3.63, 3.8) is 0 Å². The number of ether oxygens (including phenoxy) is 1. The van der Waals surface area contributed by atoms with E-state index in [1.807, 2.05) is 0 Å². The van der Waals surface area contributed by atoms with Gasteiger partial charge in [0.2, 0.25) is 0 Å². The lowest BCUT2D eigenvalue weighted by atomic mass is 9.82. The Labute approximate surface area is 184 Å². The fourth-order valence-electron chi connectivity index (χ4n) is 3.41. The second kappa shape index (κ2) is 8.27. The molecule has 0 fully saturated rings. The molecule has 2 heterocycles. The lowest BCUT2D eigenvalue weighted by molar-refractivity contribution is -0.142. The molecule has 0 bridgehead atoms. The van der Waals surface area contributed by atoms with Crippen LogP contribution in [0.1, 0.15) is 54.2 Å². The van der Waals surface area contributed by atoms with Crippen molar-refractivity contribution in [2.45, 2.75) is 45.4 Å². The molecule has 2 aromatic rings. The number of fused-ring (bicyclic) bond motifs is 1. The Kier molecular flexibility index (Phi) is 6.16. The average Bonchev–Trinajstić information content (AvgIpc) is 3.08. The number of amides is 1. The Morgan fingerprint density at radius 2 is 1.84 bits per heavy atom. The van der Waals surface area contributed by atoms with Crippen LogP contribution in [0.4, 0.5) is 22.0 Å². The van der Waals surface area contributed by atoms with Crippen LogP contribution >= 0.6 is 11.5 Å². The van der Waals surface area contributed by atoms with Crippen molar-refractivity contribution in [2.24, 2.45) is 0 Å². The van der Waals surface area contributed by atoms with Crippen LogP contribution in [0.3, 0.4) is 0 Å². The van der Waals surface area contributed by atoms with E-state index in [9.17, 15) is 31.5 Å². The summed E-state index contributed by atoms with van der Waals surface area (Å²) in [6.07, 6.45) is -4.28. The third-order valence-electron chi connectivity index (χ3n) is 4.72. The van der Waals surface area contributed by atoms with Gasteiger partial charge in [-0.2, -0.15) is 17.5 Å². The number of aromatic nitrogens is 1. The molecule has 0 aliphatic carbocycles. The predicted molar refractivity (Wildman–Crippen MR) is 107 cm³/mol. The summed E-state index contributed by atoms with van der Waals surface area (Å²) in [6, 6.07) is 2.51. The van der Waals surface area contributed by atoms with Crippen molar-refractivity contribution >= 4 is 29.0 Å². The number of alkyl halides is 3. The lowest BCUT2D eigenvalue weighted by Gasteiger charge is -2.30. The maximum atomic E-state index is 13.7. The zero-order valence-corrected chi connectivity index (χ0v) is 18.3. The van der Waals surface area contributed by atoms with Gasteiger partial charge in [-0.3, -0.25) is 4.79 Å². The van der Waals surface area contributed by atoms with Crippen LogP contribution in [-0.4, -0.2) is 33.8 Å². The van der Waals surface area contributed by atoms with Crippen LogP contribution in [0, 0.1) is 11.6 Å². The van der Waals surface area contributed by atoms with E-state index in [1.165, 1.54) is 13.8 Å². The second-order valence-corrected chi connectivity index (χ2v) is 8.95. The van der Waals surface area contributed by atoms with E-state index in [1.54, 1.807) is 13.8 Å². The first-order valence-electron chi connectivity index (χ1n) is 9.49. The average molecular weight is 474 g/mol. The molecule has 1 aliphatic rings. The summed E-state index contributed by atoms with van der Waals surface area (Å²) in [6.45, 7) is 5.81. The quantitative estimate of drug-likeness (QED) is 0.455. The molecule has 0 saturated carbocycles. The highest BCUT2D eigenvalue weighted by molar-refractivity contribution is 7.07. The highest BCUT2D eigenvalue weighted by Crippen LogP contribution is 2.45. The van der Waals surface area contributed by atoms with Gasteiger partial charge in [-0.25, -0.2) is 13.6 Å². The monoisotopic (exact) mass is 474 g/mol. The van der Waals surface area contributed by atoms with Gasteiger partial charge in [0.1, 0.15) is 0 Å². The van der Waals surface area contributed by atoms with Gasteiger partial charge in [0.15, 0.2) is 17.3 Å². The molecular formula is C21H19F5N2O3S. The first-order valence-corrected chi connectivity index (χ1v) is 10.3. The van der Waals surface area contributed by atoms with E-state index in [4.69, 9.17) is 4.74 Å². The van der Waals surface area contributed by atoms with Gasteiger partial charge < -0.3 is 9.64 Å². The number of benzene rings is 1. The van der Waals surface area contributed by atoms with Crippen LogP contribution in [0.25, 0.3) is 5.57 Å². The van der Waals surface area contributed by atoms with Crippen molar-refractivity contribution in [1.82, 2.24) is 9.27 Å². The molecule has 0 atom stereocenters. The van der Waals surface area contributed by atoms with Crippen LogP contribution in [0.2, 0.25) is 0 Å². The van der Waals surface area contributed by atoms with E-state index in [-0.39, 0.29) is 28.1 Å². The first-order chi connectivity index (χ1) is 14.7. The molecule has 1 amide bonds. The molecule has 1 aromatic carbocycles. The van der Waals surface area contributed by atoms with Gasteiger partial charge in [0, 0.05) is 29.3 Å². The minimum Gasteiger partial charge on any atom is -0.459 e. The normalized spacial score (nSPS) is 15.8. The van der Waals surface area contributed by atoms with E-state index in [2.05, 4.69) is 4.37 Å². The Hall–Kier alpha value is -2.82. The standard InChI is InChI=1S/C21H19F5N2O3S/c1-10(2)31-19(30)12-8-28(18(29)11-5-6-13(22)14(23)7-11)9-20(3,4)15-16(12)32-27-17(15)21(24,25)26/h5-8,10H,9H2,1-4H3. The highest BCUT2D eigenvalue weighted by atomic mass is 32.1. The molecule has 0 radical (unpaired) electrons. The smallest absolute Gasteiger partial charge is 0.434 e. The number of hydrogen-bond acceptors (Lipinski definition) is 5. The third kappa shape index (κ3) is 4.52. The van der Waals surface area contributed by atoms with Crippen molar-refractivity contribution in [2.75, 3.05) is 6.54 Å². The molecule has 11 heteroatoms. The Morgan fingerprint density at radius 3 is 2.41 bits per heavy atom. The van der Waals surface area contributed by atoms with Gasteiger partial charge in [-0.05, 0) is 43.6 Å². The molecular weight excluding hydrogens is 455 g/mol. The van der Waals surface area contributed by atoms with Gasteiger partial charge in [0.25, 0.3) is 5.91 Å². The maximum absolute atomic E-state index is 13.7. The number of hydrogen-bond donors (Lipinski definition) is 0. The number of rotatable bonds is 3. The van der Waals surface area contributed by atoms with Crippen molar-refractivity contribution < 1.29 is 36.3 Å². The number of esters is 1. The van der Waals surface area contributed by atoms with Crippen LogP contribution in [0.5, 0.6) is 0 Å². The Bertz CT molecular complexity index is 1110. The summed E-state index contributed by atoms with van der Waals surface area (Å²) in [5.74, 6) is -4.16. The summed E-state index contributed by atoms with van der Waals surface area (Å²) < 4.78 is 76.7. The number of carbonyl (C=O) groups excluding carboxylic acids is 2. The SMILES string of the molecule is CC(C)OC(=O)C1=CN(C(=O)c2ccc(F)c(F)c2)CC(C)(C)c2c(C(F)(F)F)nsc21. The molecule has 5 nitrogen and oxygen atoms in total. The van der Waals surface area contributed by atoms with E-state index in [0.29, 0.717) is 17.6 Å². The summed E-state index contributed by atoms with van der Waals surface area (Å²) >= 11 is 0.485. The fourth-order valence-corrected chi connectivity index (χ4v) is 4.48. The van der Waals surface area contributed by atoms with Crippen LogP contribution in [-0.2, 0) is 21.1 Å². The van der Waals surface area contributed by atoms with Gasteiger partial charge in [-0.15, -0.1) is 0 Å². The largest absolute Gasteiger partial charge is 0.459 e. The first kappa shape index (κ1) is 23.8. The zero-order valence-electron chi connectivity index (χ0n) is 17.5. The second-order valence-electron chi connectivity index (χ2n) is 8.18. The molecule has 1 aliphatic heterocycles. The number of carbonyl (C=O) groups is 2. The van der Waals surface area contributed by atoms with Crippen molar-refractivity contribution in [1.29, 1.82) is 0 Å². The van der Waals surface area contributed by atoms with Crippen molar-refractivity contribution in [3.8, 4) is 0 Å². The summed E-state index contributed by atoms with van der Waals surface area (Å²) in [7, 11) is 0. The molecule has 3 rings (SSSR count). The molecule has 32 heavy (non-hydrogen) atoms. The molecule has 0 spiro atoms. The third-order valence-corrected chi connectivity index (χ3v) is 5.60. The predicted octanol–water partition coefficient (Wildman–Crippen LogP) is 5.17.